The maximum absolute atomic E-state index is 12.8. The Labute approximate surface area is 180 Å². The number of anilines is 1. The Morgan fingerprint density at radius 1 is 1.03 bits per heavy atom. The zero-order valence-electron chi connectivity index (χ0n) is 17.4. The number of fused-ring (bicyclic) bond motifs is 1. The van der Waals surface area contributed by atoms with E-state index in [1.807, 2.05) is 26.8 Å². The number of rotatable bonds is 5. The van der Waals surface area contributed by atoms with E-state index in [1.54, 1.807) is 48.8 Å². The molecule has 0 aliphatic heterocycles. The molecule has 2 N–H and O–H groups in total. The second-order valence-corrected chi connectivity index (χ2v) is 9.92. The number of benzene rings is 2. The second-order valence-electron chi connectivity index (χ2n) is 8.23. The highest BCUT2D eigenvalue weighted by Gasteiger charge is 2.26. The number of hydrogen-bond donors (Lipinski definition) is 2. The summed E-state index contributed by atoms with van der Waals surface area (Å²) in [5.41, 5.74) is 2.57. The molecule has 0 aliphatic carbocycles. The monoisotopic (exact) mass is 434 g/mol. The molecule has 4 rings (SSSR count). The zero-order valence-corrected chi connectivity index (χ0v) is 18.2. The number of sulfonamides is 1. The van der Waals surface area contributed by atoms with Gasteiger partial charge in [-0.05, 0) is 24.3 Å². The summed E-state index contributed by atoms with van der Waals surface area (Å²) in [6, 6.07) is 15.1. The van der Waals surface area contributed by atoms with Crippen molar-refractivity contribution < 1.29 is 13.2 Å². The van der Waals surface area contributed by atoms with Gasteiger partial charge in [0, 0.05) is 22.9 Å². The smallest absolute Gasteiger partial charge is 0.261 e. The van der Waals surface area contributed by atoms with Gasteiger partial charge in [0.1, 0.15) is 5.52 Å². The molecule has 0 aliphatic rings. The number of ketones is 1. The van der Waals surface area contributed by atoms with Crippen LogP contribution in [0.1, 0.15) is 31.1 Å². The predicted octanol–water partition coefficient (Wildman–Crippen LogP) is 4.65. The van der Waals surface area contributed by atoms with E-state index in [0.29, 0.717) is 33.7 Å². The number of aromatic amines is 1. The topological polar surface area (TPSA) is 105 Å². The van der Waals surface area contributed by atoms with Gasteiger partial charge in [0.05, 0.1) is 22.3 Å². The summed E-state index contributed by atoms with van der Waals surface area (Å²) in [6.07, 6.45) is 3.22. The van der Waals surface area contributed by atoms with Crippen molar-refractivity contribution in [2.24, 2.45) is 5.41 Å². The van der Waals surface area contributed by atoms with Crippen LogP contribution in [-0.4, -0.2) is 29.2 Å². The van der Waals surface area contributed by atoms with Crippen molar-refractivity contribution in [2.45, 2.75) is 25.7 Å². The van der Waals surface area contributed by atoms with Crippen molar-refractivity contribution >= 4 is 32.7 Å². The molecule has 0 saturated carbocycles. The Morgan fingerprint density at radius 3 is 2.48 bits per heavy atom. The minimum Gasteiger partial charge on any atom is -0.344 e. The fourth-order valence-electron chi connectivity index (χ4n) is 3.16. The van der Waals surface area contributed by atoms with Crippen LogP contribution in [0.2, 0.25) is 0 Å². The summed E-state index contributed by atoms with van der Waals surface area (Å²) in [7, 11) is -3.71. The lowest BCUT2D eigenvalue weighted by Gasteiger charge is -2.15. The lowest BCUT2D eigenvalue weighted by Crippen LogP contribution is -2.20. The first kappa shape index (κ1) is 20.7. The summed E-state index contributed by atoms with van der Waals surface area (Å²) < 4.78 is 27.8. The molecule has 0 bridgehead atoms. The van der Waals surface area contributed by atoms with Crippen molar-refractivity contribution in [2.75, 3.05) is 4.72 Å². The van der Waals surface area contributed by atoms with Crippen LogP contribution in [0.15, 0.2) is 71.9 Å². The standard InChI is InChI=1S/C23H22N4O3S/c1-23(2,3)21(28)18-13-24-22-20(18)26-19(14-25-22)15-8-7-9-16(12-15)27-31(29,30)17-10-5-4-6-11-17/h4-14,27H,1-3H3,(H,24,25). The number of hydrogen-bond acceptors (Lipinski definition) is 5. The Morgan fingerprint density at radius 2 is 1.77 bits per heavy atom. The highest BCUT2D eigenvalue weighted by Crippen LogP contribution is 2.28. The molecule has 7 nitrogen and oxygen atoms in total. The van der Waals surface area contributed by atoms with Crippen LogP contribution in [0.25, 0.3) is 22.4 Å². The molecule has 2 aromatic heterocycles. The zero-order chi connectivity index (χ0) is 22.2. The molecule has 4 aromatic rings. The largest absolute Gasteiger partial charge is 0.344 e. The first-order valence-corrected chi connectivity index (χ1v) is 11.2. The van der Waals surface area contributed by atoms with Crippen molar-refractivity contribution in [1.82, 2.24) is 15.0 Å². The van der Waals surface area contributed by atoms with Gasteiger partial charge in [-0.2, -0.15) is 0 Å². The number of carbonyl (C=O) groups is 1. The number of nitrogens with zero attached hydrogens (tertiary/aromatic N) is 2. The van der Waals surface area contributed by atoms with Gasteiger partial charge in [-0.1, -0.05) is 51.1 Å². The summed E-state index contributed by atoms with van der Waals surface area (Å²) in [5.74, 6) is -0.0328. The van der Waals surface area contributed by atoms with E-state index in [4.69, 9.17) is 0 Å². The lowest BCUT2D eigenvalue weighted by molar-refractivity contribution is 0.0860. The molecule has 0 fully saturated rings. The quantitative estimate of drug-likeness (QED) is 0.445. The van der Waals surface area contributed by atoms with Gasteiger partial charge in [-0.25, -0.2) is 18.4 Å². The Balaban J connectivity index is 1.70. The Hall–Kier alpha value is -3.52. The first-order valence-electron chi connectivity index (χ1n) is 9.72. The Kier molecular flexibility index (Phi) is 5.10. The van der Waals surface area contributed by atoms with E-state index in [-0.39, 0.29) is 10.7 Å². The minimum absolute atomic E-state index is 0.0328. The molecule has 0 saturated heterocycles. The normalized spacial score (nSPS) is 12.1. The molecule has 0 atom stereocenters. The summed E-state index contributed by atoms with van der Waals surface area (Å²) in [4.78, 5) is 25.0. The molecule has 0 amide bonds. The maximum atomic E-state index is 12.8. The van der Waals surface area contributed by atoms with Gasteiger partial charge in [0.2, 0.25) is 0 Å². The summed E-state index contributed by atoms with van der Waals surface area (Å²) in [6.45, 7) is 5.56. The van der Waals surface area contributed by atoms with Crippen molar-refractivity contribution in [1.29, 1.82) is 0 Å². The van der Waals surface area contributed by atoms with Crippen molar-refractivity contribution in [3.63, 3.8) is 0 Å². The van der Waals surface area contributed by atoms with Crippen molar-refractivity contribution in [3.05, 3.63) is 72.6 Å². The van der Waals surface area contributed by atoms with Gasteiger partial charge < -0.3 is 4.98 Å². The number of Topliss-reactive ketones (excluding diaryl/α,β-unsaturated/α-hetero) is 1. The average Bonchev–Trinajstić information content (AvgIpc) is 3.16. The van der Waals surface area contributed by atoms with Gasteiger partial charge >= 0.3 is 0 Å². The molecule has 2 aromatic carbocycles. The van der Waals surface area contributed by atoms with Crippen LogP contribution < -0.4 is 4.72 Å². The van der Waals surface area contributed by atoms with Crippen LogP contribution in [-0.2, 0) is 10.0 Å². The highest BCUT2D eigenvalue weighted by atomic mass is 32.2. The molecule has 158 valence electrons. The van der Waals surface area contributed by atoms with Crippen LogP contribution in [0, 0.1) is 5.41 Å². The summed E-state index contributed by atoms with van der Waals surface area (Å²) >= 11 is 0. The first-order chi connectivity index (χ1) is 14.6. The number of H-pyrrole nitrogens is 1. The third-order valence-corrected chi connectivity index (χ3v) is 6.17. The molecular formula is C23H22N4O3S. The molecular weight excluding hydrogens is 412 g/mol. The molecule has 0 spiro atoms. The predicted molar refractivity (Wildman–Crippen MR) is 120 cm³/mol. The fourth-order valence-corrected chi connectivity index (χ4v) is 4.23. The maximum Gasteiger partial charge on any atom is 0.261 e. The van der Waals surface area contributed by atoms with Crippen LogP contribution in [0.5, 0.6) is 0 Å². The third kappa shape index (κ3) is 4.20. The molecule has 31 heavy (non-hydrogen) atoms. The van der Waals surface area contributed by atoms with Gasteiger partial charge in [-0.3, -0.25) is 9.52 Å². The second kappa shape index (κ2) is 7.63. The molecule has 2 heterocycles. The lowest BCUT2D eigenvalue weighted by atomic mass is 9.87. The van der Waals surface area contributed by atoms with Crippen LogP contribution >= 0.6 is 0 Å². The van der Waals surface area contributed by atoms with Crippen LogP contribution in [0.4, 0.5) is 5.69 Å². The van der Waals surface area contributed by atoms with Crippen LogP contribution in [0.3, 0.4) is 0 Å². The number of nitrogens with one attached hydrogen (secondary N) is 2. The van der Waals surface area contributed by atoms with E-state index in [9.17, 15) is 13.2 Å². The van der Waals surface area contributed by atoms with E-state index in [2.05, 4.69) is 19.7 Å². The van der Waals surface area contributed by atoms with Gasteiger partial charge in [0.25, 0.3) is 10.0 Å². The Bertz CT molecular complexity index is 1370. The summed E-state index contributed by atoms with van der Waals surface area (Å²) in [5, 5.41) is 0. The minimum atomic E-state index is -3.71. The highest BCUT2D eigenvalue weighted by molar-refractivity contribution is 7.92. The fraction of sp³-hybridized carbons (Fsp3) is 0.174. The van der Waals surface area contributed by atoms with E-state index < -0.39 is 15.4 Å². The molecule has 0 radical (unpaired) electrons. The van der Waals surface area contributed by atoms with Gasteiger partial charge in [-0.15, -0.1) is 0 Å². The van der Waals surface area contributed by atoms with E-state index in [1.165, 1.54) is 12.1 Å². The number of carbonyl (C=O) groups excluding carboxylic acids is 1. The van der Waals surface area contributed by atoms with E-state index >= 15 is 0 Å². The molecule has 8 heteroatoms. The average molecular weight is 435 g/mol. The third-order valence-electron chi connectivity index (χ3n) is 4.77. The van der Waals surface area contributed by atoms with Gasteiger partial charge in [0.15, 0.2) is 11.4 Å². The van der Waals surface area contributed by atoms with Crippen molar-refractivity contribution in [3.8, 4) is 11.3 Å². The van der Waals surface area contributed by atoms with E-state index in [0.717, 1.165) is 0 Å². The SMILES string of the molecule is CC(C)(C)C(=O)c1c[nH]c2ncc(-c3cccc(NS(=O)(=O)c4ccccc4)c3)nc12. The number of aromatic nitrogens is 3. The molecule has 0 unspecified atom stereocenters.